The number of hydrogen-bond acceptors (Lipinski definition) is 19. The van der Waals surface area contributed by atoms with E-state index in [1.54, 1.807) is 0 Å². The Morgan fingerprint density at radius 3 is 1.73 bits per heavy atom. The van der Waals surface area contributed by atoms with Gasteiger partial charge in [-0.1, -0.05) is 46.3 Å². The Balaban J connectivity index is 1.12. The largest absolute Gasteiger partial charge is 0.394 e. The molecule has 3 heterocycles. The van der Waals surface area contributed by atoms with Crippen LogP contribution in [0.3, 0.4) is 0 Å². The third kappa shape index (κ3) is 9.03. The van der Waals surface area contributed by atoms with Crippen LogP contribution >= 0.6 is 0 Å². The van der Waals surface area contributed by atoms with E-state index in [4.69, 9.17) is 28.4 Å². The maximum atomic E-state index is 12.7. The zero-order chi connectivity index (χ0) is 49.5. The molecule has 7 rings (SSSR count). The second kappa shape index (κ2) is 19.8. The van der Waals surface area contributed by atoms with Crippen LogP contribution in [0.15, 0.2) is 11.6 Å². The van der Waals surface area contributed by atoms with Crippen molar-refractivity contribution in [2.75, 3.05) is 19.8 Å². The highest BCUT2D eigenvalue weighted by molar-refractivity contribution is 5.22. The minimum absolute atomic E-state index is 0.108. The summed E-state index contributed by atoms with van der Waals surface area (Å²) in [6.07, 6.45) is -18.8. The van der Waals surface area contributed by atoms with Crippen LogP contribution in [0.1, 0.15) is 107 Å². The van der Waals surface area contributed by atoms with Gasteiger partial charge in [-0.25, -0.2) is 0 Å². The smallest absolute Gasteiger partial charge is 0.187 e. The minimum atomic E-state index is -1.75. The van der Waals surface area contributed by atoms with E-state index in [-0.39, 0.29) is 35.5 Å². The van der Waals surface area contributed by atoms with Gasteiger partial charge in [0, 0.05) is 11.8 Å². The van der Waals surface area contributed by atoms with Gasteiger partial charge in [0.1, 0.15) is 73.2 Å². The predicted octanol–water partition coefficient (Wildman–Crippen LogP) is -1.06. The molecule has 0 spiro atoms. The summed E-state index contributed by atoms with van der Waals surface area (Å²) in [6.45, 7) is 15.0. The first-order valence-electron chi connectivity index (χ1n) is 24.5. The summed E-state index contributed by atoms with van der Waals surface area (Å²) in [5.74, 6) is -0.834. The summed E-state index contributed by atoms with van der Waals surface area (Å²) < 4.78 is 36.4. The third-order valence-corrected chi connectivity index (χ3v) is 18.9. The zero-order valence-corrected chi connectivity index (χ0v) is 40.3. The van der Waals surface area contributed by atoms with Crippen LogP contribution in [-0.4, -0.2) is 202 Å². The Kier molecular flexibility index (Phi) is 15.9. The Bertz CT molecular complexity index is 1710. The third-order valence-electron chi connectivity index (χ3n) is 18.9. The zero-order valence-electron chi connectivity index (χ0n) is 40.3. The van der Waals surface area contributed by atoms with Crippen molar-refractivity contribution in [2.24, 2.45) is 45.3 Å². The van der Waals surface area contributed by atoms with Crippen molar-refractivity contribution < 1.29 is 94.8 Å². The van der Waals surface area contributed by atoms with E-state index in [2.05, 4.69) is 40.7 Å². The van der Waals surface area contributed by atoms with Gasteiger partial charge in [-0.3, -0.25) is 0 Å². The molecule has 7 fully saturated rings. The number of rotatable bonds is 13. The predicted molar refractivity (Wildman–Crippen MR) is 235 cm³/mol. The lowest BCUT2D eigenvalue weighted by atomic mass is 9.34. The van der Waals surface area contributed by atoms with Gasteiger partial charge < -0.3 is 94.8 Å². The van der Waals surface area contributed by atoms with Crippen molar-refractivity contribution in [3.63, 3.8) is 0 Å². The Hall–Kier alpha value is -1.02. The number of ether oxygens (including phenoxy) is 6. The fourth-order valence-corrected chi connectivity index (χ4v) is 14.7. The Morgan fingerprint density at radius 2 is 1.15 bits per heavy atom. The molecule has 19 heteroatoms. The van der Waals surface area contributed by atoms with Crippen molar-refractivity contribution >= 4 is 0 Å². The van der Waals surface area contributed by atoms with Gasteiger partial charge in [-0.2, -0.15) is 0 Å². The molecule has 26 atom stereocenters. The maximum Gasteiger partial charge on any atom is 0.187 e. The second-order valence-corrected chi connectivity index (χ2v) is 23.0. The second-order valence-electron chi connectivity index (χ2n) is 23.0. The van der Waals surface area contributed by atoms with Crippen LogP contribution in [0.2, 0.25) is 0 Å². The fraction of sp³-hybridized carbons (Fsp3) is 0.958. The molecule has 0 amide bonds. The van der Waals surface area contributed by atoms with Crippen molar-refractivity contribution in [3.05, 3.63) is 11.6 Å². The normalized spacial score (nSPS) is 52.9. The molecule has 11 unspecified atom stereocenters. The summed E-state index contributed by atoms with van der Waals surface area (Å²) in [6, 6.07) is 0. The van der Waals surface area contributed by atoms with Crippen LogP contribution in [0.4, 0.5) is 0 Å². The number of fused-ring (bicyclic) bond motifs is 5. The van der Waals surface area contributed by atoms with Gasteiger partial charge in [-0.05, 0) is 106 Å². The fourth-order valence-electron chi connectivity index (χ4n) is 14.7. The van der Waals surface area contributed by atoms with Crippen LogP contribution in [0.25, 0.3) is 0 Å². The maximum absolute atomic E-state index is 12.7. The molecular weight excluding hydrogens is 881 g/mol. The molecule has 388 valence electrons. The van der Waals surface area contributed by atoms with Gasteiger partial charge >= 0.3 is 0 Å². The lowest BCUT2D eigenvalue weighted by Gasteiger charge is -2.71. The van der Waals surface area contributed by atoms with Crippen molar-refractivity contribution in [1.29, 1.82) is 0 Å². The van der Waals surface area contributed by atoms with Crippen molar-refractivity contribution in [2.45, 2.75) is 223 Å². The first-order chi connectivity index (χ1) is 31.2. The molecule has 3 aliphatic heterocycles. The van der Waals surface area contributed by atoms with E-state index in [1.807, 2.05) is 20.8 Å². The average Bonchev–Trinajstić information content (AvgIpc) is 3.66. The van der Waals surface area contributed by atoms with Crippen molar-refractivity contribution in [1.82, 2.24) is 0 Å². The van der Waals surface area contributed by atoms with Crippen molar-refractivity contribution in [3.8, 4) is 0 Å². The lowest BCUT2D eigenvalue weighted by molar-refractivity contribution is -0.351. The van der Waals surface area contributed by atoms with Crippen LogP contribution in [0.5, 0.6) is 0 Å². The molecule has 4 aliphatic carbocycles. The molecule has 19 nitrogen and oxygen atoms in total. The first kappa shape index (κ1) is 53.8. The molecule has 0 aromatic carbocycles. The van der Waals surface area contributed by atoms with E-state index < -0.39 is 152 Å². The highest BCUT2D eigenvalue weighted by Crippen LogP contribution is 2.76. The molecular formula is C48H82O19. The SMILES string of the molecule is CC(C)=CCCC(C)(O[C@@H]1O[C@H](CO[C@@H]2O[C@H](CO)[C@@H](O)[C@H](O)[C@H]2O)[C@@H](O)[C@H](O)[C@H]1O)C1CCC2(C)C1C(O)CC1C3(C)C(O)CC(O[C@@H]4O[C@H](CO)[C@@H](O)[C@H](O)[C@H]4O)C(C)(C)C3CCC12C. The monoisotopic (exact) mass is 963 g/mol. The molecule has 67 heavy (non-hydrogen) atoms. The van der Waals surface area contributed by atoms with Crippen LogP contribution < -0.4 is 0 Å². The number of hydrogen-bond donors (Lipinski definition) is 13. The molecule has 0 aromatic rings. The van der Waals surface area contributed by atoms with E-state index in [1.165, 1.54) is 0 Å². The average molecular weight is 963 g/mol. The van der Waals surface area contributed by atoms with E-state index in [9.17, 15) is 66.4 Å². The standard InChI is InChI=1S/C48H82O19/c1-21(2)10-9-13-47(7,67-43-40(61)37(58)34(55)26(65-43)20-62-41-38(59)35(56)32(53)24(18-49)63-41)22-11-14-46(6)31(22)23(51)16-28-45(46,5)15-12-27-44(3,4)30(17-29(52)48(27,28)8)66-42-39(60)36(57)33(54)25(19-50)64-42/h10,22-43,49-61H,9,11-20H2,1-8H3/t22?,23?,24-,25-,26-,27?,28?,29?,30?,31?,32-,33-,34-,35+,36+,37+,38-,39-,40-,41-,42+,43+,45?,46?,47?,48?/m1/s1. The molecule has 0 radical (unpaired) electrons. The summed E-state index contributed by atoms with van der Waals surface area (Å²) >= 11 is 0. The van der Waals surface area contributed by atoms with Gasteiger partial charge in [0.15, 0.2) is 18.9 Å². The quantitative estimate of drug-likeness (QED) is 0.0773. The molecule has 4 saturated carbocycles. The summed E-state index contributed by atoms with van der Waals surface area (Å²) in [5.41, 5.74) is -2.11. The lowest BCUT2D eigenvalue weighted by Crippen LogP contribution is -2.70. The van der Waals surface area contributed by atoms with Gasteiger partial charge in [0.05, 0.1) is 43.7 Å². The molecule has 7 aliphatic rings. The molecule has 0 bridgehead atoms. The van der Waals surface area contributed by atoms with Gasteiger partial charge in [0.25, 0.3) is 0 Å². The summed E-state index contributed by atoms with van der Waals surface area (Å²) in [4.78, 5) is 0. The highest BCUT2D eigenvalue weighted by Gasteiger charge is 2.73. The summed E-state index contributed by atoms with van der Waals surface area (Å²) in [7, 11) is 0. The van der Waals surface area contributed by atoms with Gasteiger partial charge in [-0.15, -0.1) is 0 Å². The van der Waals surface area contributed by atoms with Crippen LogP contribution in [0, 0.1) is 45.3 Å². The summed E-state index contributed by atoms with van der Waals surface area (Å²) in [5, 5.41) is 141. The van der Waals surface area contributed by atoms with E-state index in [0.29, 0.717) is 32.1 Å². The van der Waals surface area contributed by atoms with Gasteiger partial charge in [0.2, 0.25) is 0 Å². The number of aliphatic hydroxyl groups excluding tert-OH is 13. The number of aliphatic hydroxyl groups is 13. The highest BCUT2D eigenvalue weighted by atomic mass is 16.7. The molecule has 3 saturated heterocycles. The van der Waals surface area contributed by atoms with E-state index in [0.717, 1.165) is 18.4 Å². The Morgan fingerprint density at radius 1 is 0.627 bits per heavy atom. The van der Waals surface area contributed by atoms with Crippen LogP contribution in [-0.2, 0) is 28.4 Å². The molecule has 13 N–H and O–H groups in total. The molecule has 0 aromatic heterocycles. The minimum Gasteiger partial charge on any atom is -0.394 e. The Labute approximate surface area is 393 Å². The number of allylic oxidation sites excluding steroid dienone is 2. The van der Waals surface area contributed by atoms with E-state index >= 15 is 0 Å². The topological polar surface area (TPSA) is 318 Å². The first-order valence-corrected chi connectivity index (χ1v) is 24.5.